The minimum absolute atomic E-state index is 0.248. The lowest BCUT2D eigenvalue weighted by molar-refractivity contribution is 0.0797. The molecule has 1 aromatic rings. The summed E-state index contributed by atoms with van der Waals surface area (Å²) >= 11 is 0. The molecule has 0 saturated carbocycles. The van der Waals surface area contributed by atoms with Crippen LogP contribution in [0.1, 0.15) is 13.8 Å². The van der Waals surface area contributed by atoms with E-state index in [-0.39, 0.29) is 12.2 Å². The van der Waals surface area contributed by atoms with E-state index in [9.17, 15) is 5.11 Å². The van der Waals surface area contributed by atoms with Gasteiger partial charge in [-0.1, -0.05) is 0 Å². The predicted molar refractivity (Wildman–Crippen MR) is 70.9 cm³/mol. The van der Waals surface area contributed by atoms with Crippen LogP contribution in [0.25, 0.3) is 0 Å². The Balaban J connectivity index is 2.31. The molecule has 18 heavy (non-hydrogen) atoms. The molecule has 0 bridgehead atoms. The highest BCUT2D eigenvalue weighted by atomic mass is 16.5. The molecule has 1 atom stereocenters. The van der Waals surface area contributed by atoms with Crippen molar-refractivity contribution in [1.29, 1.82) is 0 Å². The van der Waals surface area contributed by atoms with Crippen molar-refractivity contribution in [2.75, 3.05) is 30.3 Å². The van der Waals surface area contributed by atoms with E-state index in [1.54, 1.807) is 12.1 Å². The third-order valence-electron chi connectivity index (χ3n) is 2.92. The first-order valence-electron chi connectivity index (χ1n) is 6.04. The fourth-order valence-corrected chi connectivity index (χ4v) is 2.22. The van der Waals surface area contributed by atoms with E-state index in [0.717, 1.165) is 11.4 Å². The summed E-state index contributed by atoms with van der Waals surface area (Å²) in [7, 11) is 0. The second-order valence-corrected chi connectivity index (χ2v) is 5.31. The van der Waals surface area contributed by atoms with Gasteiger partial charge in [-0.15, -0.1) is 0 Å². The van der Waals surface area contributed by atoms with Crippen LogP contribution in [0.4, 0.5) is 11.4 Å². The summed E-state index contributed by atoms with van der Waals surface area (Å²) in [5.41, 5.74) is 6.95. The number of rotatable bonds is 3. The van der Waals surface area contributed by atoms with Gasteiger partial charge < -0.3 is 25.6 Å². The topological polar surface area (TPSA) is 79.0 Å². The molecule has 0 aromatic heterocycles. The largest absolute Gasteiger partial charge is 0.484 e. The van der Waals surface area contributed by atoms with Crippen LogP contribution in [0.15, 0.2) is 18.2 Å². The van der Waals surface area contributed by atoms with Gasteiger partial charge in [0.05, 0.1) is 24.9 Å². The van der Waals surface area contributed by atoms with E-state index >= 15 is 0 Å². The number of hydrogen-bond acceptors (Lipinski definition) is 5. The lowest BCUT2D eigenvalue weighted by Gasteiger charge is -2.41. The number of nitrogens with two attached hydrogens (primary N) is 1. The van der Waals surface area contributed by atoms with E-state index in [1.807, 2.05) is 24.8 Å². The first-order valence-corrected chi connectivity index (χ1v) is 6.04. The van der Waals surface area contributed by atoms with Crippen LogP contribution in [0, 0.1) is 0 Å². The predicted octanol–water partition coefficient (Wildman–Crippen LogP) is 0.599. The van der Waals surface area contributed by atoms with Crippen molar-refractivity contribution in [2.24, 2.45) is 0 Å². The van der Waals surface area contributed by atoms with Gasteiger partial charge in [0.2, 0.25) is 0 Å². The van der Waals surface area contributed by atoms with Gasteiger partial charge in [-0.3, -0.25) is 0 Å². The maximum Gasteiger partial charge on any atom is 0.145 e. The highest BCUT2D eigenvalue weighted by Crippen LogP contribution is 2.38. The van der Waals surface area contributed by atoms with Gasteiger partial charge in [-0.05, 0) is 26.0 Å². The number of nitrogen functional groups attached to an aromatic ring is 1. The smallest absolute Gasteiger partial charge is 0.145 e. The Kier molecular flexibility index (Phi) is 3.36. The van der Waals surface area contributed by atoms with Crippen LogP contribution in [0.3, 0.4) is 0 Å². The zero-order valence-corrected chi connectivity index (χ0v) is 10.8. The number of β-amino-alcohol motifs (C(OH)–C–C–N with tert-alkyl or cyclic N) is 1. The summed E-state index contributed by atoms with van der Waals surface area (Å²) < 4.78 is 5.88. The molecule has 1 unspecified atom stereocenters. The molecule has 1 aromatic carbocycles. The van der Waals surface area contributed by atoms with Gasteiger partial charge in [0, 0.05) is 18.3 Å². The number of fused-ring (bicyclic) bond motifs is 1. The number of ether oxygens (including phenoxy) is 1. The first-order chi connectivity index (χ1) is 8.41. The van der Waals surface area contributed by atoms with E-state index in [2.05, 4.69) is 0 Å². The minimum atomic E-state index is -0.760. The quantitative estimate of drug-likeness (QED) is 0.687. The van der Waals surface area contributed by atoms with Crippen LogP contribution >= 0.6 is 0 Å². The highest BCUT2D eigenvalue weighted by molar-refractivity contribution is 5.65. The fourth-order valence-electron chi connectivity index (χ4n) is 2.22. The molecule has 0 radical (unpaired) electrons. The second-order valence-electron chi connectivity index (χ2n) is 5.31. The molecule has 0 aliphatic carbocycles. The maximum absolute atomic E-state index is 9.60. The lowest BCUT2D eigenvalue weighted by Crippen LogP contribution is -2.49. The fraction of sp³-hybridized carbons (Fsp3) is 0.538. The molecule has 1 aliphatic heterocycles. The number of nitrogens with zero attached hydrogens (tertiary/aromatic N) is 1. The monoisotopic (exact) mass is 252 g/mol. The molecule has 5 heteroatoms. The second kappa shape index (κ2) is 4.66. The van der Waals surface area contributed by atoms with E-state index in [1.165, 1.54) is 0 Å². The van der Waals surface area contributed by atoms with Crippen molar-refractivity contribution in [3.8, 4) is 5.75 Å². The number of benzene rings is 1. The van der Waals surface area contributed by atoms with Crippen molar-refractivity contribution in [3.05, 3.63) is 18.2 Å². The zero-order valence-electron chi connectivity index (χ0n) is 10.8. The van der Waals surface area contributed by atoms with Gasteiger partial charge in [-0.25, -0.2) is 0 Å². The van der Waals surface area contributed by atoms with Crippen molar-refractivity contribution in [2.45, 2.75) is 25.6 Å². The SMILES string of the molecule is CC1(C)CN(CC(O)CO)c2ccc(N)cc2O1. The van der Waals surface area contributed by atoms with Crippen LogP contribution in [-0.2, 0) is 0 Å². The first kappa shape index (κ1) is 13.0. The van der Waals surface area contributed by atoms with E-state index in [4.69, 9.17) is 15.6 Å². The summed E-state index contributed by atoms with van der Waals surface area (Å²) in [6, 6.07) is 5.47. The average molecular weight is 252 g/mol. The lowest BCUT2D eigenvalue weighted by atomic mass is 10.0. The number of hydrogen-bond donors (Lipinski definition) is 3. The minimum Gasteiger partial charge on any atom is -0.484 e. The Morgan fingerprint density at radius 1 is 1.50 bits per heavy atom. The van der Waals surface area contributed by atoms with Crippen LogP contribution in [0.2, 0.25) is 0 Å². The molecule has 0 amide bonds. The Bertz CT molecular complexity index is 434. The third kappa shape index (κ3) is 2.68. The van der Waals surface area contributed by atoms with Gasteiger partial charge in [0.25, 0.3) is 0 Å². The van der Waals surface area contributed by atoms with Gasteiger partial charge in [-0.2, -0.15) is 0 Å². The Morgan fingerprint density at radius 3 is 2.89 bits per heavy atom. The van der Waals surface area contributed by atoms with Crippen LogP contribution in [-0.4, -0.2) is 41.6 Å². The van der Waals surface area contributed by atoms with Crippen LogP contribution in [0.5, 0.6) is 5.75 Å². The standard InChI is InChI=1S/C13H20N2O3/c1-13(2)8-15(6-10(17)7-16)11-4-3-9(14)5-12(11)18-13/h3-5,10,16-17H,6-8,14H2,1-2H3. The zero-order chi connectivity index (χ0) is 13.3. The molecule has 4 N–H and O–H groups in total. The van der Waals surface area contributed by atoms with Crippen LogP contribution < -0.4 is 15.4 Å². The number of aliphatic hydroxyl groups excluding tert-OH is 2. The molecule has 0 fully saturated rings. The Hall–Kier alpha value is -1.46. The number of anilines is 2. The van der Waals surface area contributed by atoms with Crippen molar-refractivity contribution < 1.29 is 14.9 Å². The van der Waals surface area contributed by atoms with E-state index in [0.29, 0.717) is 18.8 Å². The summed E-state index contributed by atoms with van der Waals surface area (Å²) in [5.74, 6) is 0.719. The summed E-state index contributed by atoms with van der Waals surface area (Å²) in [5, 5.41) is 18.6. The Morgan fingerprint density at radius 2 is 2.22 bits per heavy atom. The van der Waals surface area contributed by atoms with Gasteiger partial charge >= 0.3 is 0 Å². The third-order valence-corrected chi connectivity index (χ3v) is 2.92. The Labute approximate surface area is 107 Å². The molecule has 2 rings (SSSR count). The molecule has 0 spiro atoms. The van der Waals surface area contributed by atoms with Gasteiger partial charge in [0.15, 0.2) is 0 Å². The van der Waals surface area contributed by atoms with E-state index < -0.39 is 6.10 Å². The summed E-state index contributed by atoms with van der Waals surface area (Å²) in [6.07, 6.45) is -0.760. The summed E-state index contributed by atoms with van der Waals surface area (Å²) in [6.45, 7) is 4.75. The molecular formula is C13H20N2O3. The molecule has 1 heterocycles. The molecule has 1 aliphatic rings. The maximum atomic E-state index is 9.60. The molecule has 100 valence electrons. The normalized spacial score (nSPS) is 19.0. The molecule has 0 saturated heterocycles. The van der Waals surface area contributed by atoms with Gasteiger partial charge in [0.1, 0.15) is 11.4 Å². The highest BCUT2D eigenvalue weighted by Gasteiger charge is 2.32. The molecular weight excluding hydrogens is 232 g/mol. The number of aliphatic hydroxyl groups is 2. The van der Waals surface area contributed by atoms with Crippen molar-refractivity contribution in [1.82, 2.24) is 0 Å². The summed E-state index contributed by atoms with van der Waals surface area (Å²) in [4.78, 5) is 2.01. The van der Waals surface area contributed by atoms with Crippen molar-refractivity contribution in [3.63, 3.8) is 0 Å². The van der Waals surface area contributed by atoms with Crippen molar-refractivity contribution >= 4 is 11.4 Å². The molecule has 5 nitrogen and oxygen atoms in total. The average Bonchev–Trinajstić information content (AvgIpc) is 2.26.